The van der Waals surface area contributed by atoms with Crippen molar-refractivity contribution in [3.63, 3.8) is 0 Å². The van der Waals surface area contributed by atoms with Crippen LogP contribution >= 0.6 is 0 Å². The van der Waals surface area contributed by atoms with Crippen LogP contribution in [0.3, 0.4) is 0 Å². The Morgan fingerprint density at radius 1 is 0.478 bits per heavy atom. The predicted molar refractivity (Wildman–Crippen MR) is 196 cm³/mol. The van der Waals surface area contributed by atoms with Crippen molar-refractivity contribution >= 4 is 12.4 Å². The summed E-state index contributed by atoms with van der Waals surface area (Å²) in [5, 5.41) is 21.3. The number of aliphatic imine (C=N–C) groups is 2. The second-order valence-corrected chi connectivity index (χ2v) is 12.5. The number of phenolic OH excluding ortho intramolecular Hbond substituents is 2. The van der Waals surface area contributed by atoms with Crippen LogP contribution in [-0.4, -0.2) is 48.9 Å². The normalized spacial score (nSPS) is 11.6. The lowest BCUT2D eigenvalue weighted by molar-refractivity contribution is 0.288. The minimum absolute atomic E-state index is 0.126. The van der Waals surface area contributed by atoms with Crippen molar-refractivity contribution in [2.24, 2.45) is 9.98 Å². The van der Waals surface area contributed by atoms with Crippen molar-refractivity contribution in [3.8, 4) is 23.0 Å². The van der Waals surface area contributed by atoms with Gasteiger partial charge in [-0.25, -0.2) is 0 Å². The van der Waals surface area contributed by atoms with Gasteiger partial charge >= 0.3 is 0 Å². The fourth-order valence-corrected chi connectivity index (χ4v) is 5.50. The Morgan fingerprint density at radius 2 is 0.804 bits per heavy atom. The van der Waals surface area contributed by atoms with E-state index in [2.05, 4.69) is 23.8 Å². The molecule has 0 spiro atoms. The monoisotopic (exact) mass is 636 g/mol. The van der Waals surface area contributed by atoms with Crippen LogP contribution in [0.1, 0.15) is 153 Å². The van der Waals surface area contributed by atoms with Crippen LogP contribution < -0.4 is 9.47 Å². The van der Waals surface area contributed by atoms with E-state index in [1.54, 1.807) is 24.6 Å². The minimum atomic E-state index is 0.126. The van der Waals surface area contributed by atoms with E-state index in [4.69, 9.17) is 9.47 Å². The number of ether oxygens (including phenoxy) is 2. The summed E-state index contributed by atoms with van der Waals surface area (Å²) in [5.74, 6) is 1.26. The second-order valence-electron chi connectivity index (χ2n) is 12.5. The molecule has 2 rings (SSSR count). The molecule has 0 aliphatic heterocycles. The highest BCUT2D eigenvalue weighted by Gasteiger charge is 2.08. The molecule has 0 aromatic heterocycles. The zero-order chi connectivity index (χ0) is 32.9. The first-order valence-electron chi connectivity index (χ1n) is 18.6. The molecule has 0 radical (unpaired) electrons. The zero-order valence-corrected chi connectivity index (χ0v) is 29.2. The molecule has 0 aliphatic rings. The van der Waals surface area contributed by atoms with Gasteiger partial charge in [0, 0.05) is 23.6 Å². The van der Waals surface area contributed by atoms with E-state index >= 15 is 0 Å². The Hall–Kier alpha value is -3.02. The maximum absolute atomic E-state index is 10.6. The summed E-state index contributed by atoms with van der Waals surface area (Å²) in [6, 6.07) is 11.0. The highest BCUT2D eigenvalue weighted by molar-refractivity contribution is 5.85. The molecule has 0 unspecified atom stereocenters. The van der Waals surface area contributed by atoms with Crippen LogP contribution in [0.25, 0.3) is 0 Å². The Labute approximate surface area is 280 Å². The van der Waals surface area contributed by atoms with Crippen molar-refractivity contribution in [3.05, 3.63) is 47.5 Å². The molecule has 2 aromatic rings. The molecule has 6 nitrogen and oxygen atoms in total. The number of hydrogen-bond acceptors (Lipinski definition) is 6. The van der Waals surface area contributed by atoms with Gasteiger partial charge in [0.2, 0.25) is 0 Å². The first-order chi connectivity index (χ1) is 22.7. The molecular weight excluding hydrogens is 572 g/mol. The van der Waals surface area contributed by atoms with Crippen molar-refractivity contribution in [1.82, 2.24) is 0 Å². The maximum atomic E-state index is 10.6. The molecule has 0 saturated heterocycles. The molecule has 0 heterocycles. The number of phenols is 2. The third-order valence-electron chi connectivity index (χ3n) is 8.39. The molecule has 0 saturated carbocycles. The Bertz CT molecular complexity index is 999. The maximum Gasteiger partial charge on any atom is 0.166 e. The lowest BCUT2D eigenvalue weighted by atomic mass is 10.1. The Balaban J connectivity index is 1.61. The lowest BCUT2D eigenvalue weighted by Crippen LogP contribution is -1.99. The third-order valence-corrected chi connectivity index (χ3v) is 8.39. The van der Waals surface area contributed by atoms with Gasteiger partial charge in [0.15, 0.2) is 23.0 Å². The molecule has 0 bridgehead atoms. The van der Waals surface area contributed by atoms with Gasteiger partial charge in [-0.1, -0.05) is 142 Å². The van der Waals surface area contributed by atoms with Gasteiger partial charge in [0.25, 0.3) is 0 Å². The smallest absolute Gasteiger partial charge is 0.166 e. The summed E-state index contributed by atoms with van der Waals surface area (Å²) in [7, 11) is 0. The molecule has 2 aromatic carbocycles. The van der Waals surface area contributed by atoms with Crippen LogP contribution in [0.4, 0.5) is 0 Å². The molecule has 6 heteroatoms. The van der Waals surface area contributed by atoms with E-state index < -0.39 is 0 Å². The van der Waals surface area contributed by atoms with E-state index in [1.807, 2.05) is 24.3 Å². The fraction of sp³-hybridized carbons (Fsp3) is 0.650. The van der Waals surface area contributed by atoms with Gasteiger partial charge in [0.05, 0.1) is 26.3 Å². The summed E-state index contributed by atoms with van der Waals surface area (Å²) in [6.45, 7) is 6.67. The topological polar surface area (TPSA) is 83.6 Å². The van der Waals surface area contributed by atoms with Crippen molar-refractivity contribution < 1.29 is 19.7 Å². The molecule has 0 aliphatic carbocycles. The summed E-state index contributed by atoms with van der Waals surface area (Å²) in [4.78, 5) is 8.86. The number of benzene rings is 2. The second kappa shape index (κ2) is 27.1. The minimum Gasteiger partial charge on any atom is -0.504 e. The first kappa shape index (κ1) is 39.2. The van der Waals surface area contributed by atoms with E-state index in [0.717, 1.165) is 25.7 Å². The van der Waals surface area contributed by atoms with Crippen molar-refractivity contribution in [1.29, 1.82) is 0 Å². The highest BCUT2D eigenvalue weighted by Crippen LogP contribution is 2.30. The molecule has 0 fully saturated rings. The summed E-state index contributed by atoms with van der Waals surface area (Å²) in [5.41, 5.74) is 1.27. The Kier molecular flexibility index (Phi) is 23.1. The molecule has 258 valence electrons. The fourth-order valence-electron chi connectivity index (χ4n) is 5.50. The molecule has 46 heavy (non-hydrogen) atoms. The predicted octanol–water partition coefficient (Wildman–Crippen LogP) is 11.2. The van der Waals surface area contributed by atoms with E-state index in [0.29, 0.717) is 48.9 Å². The van der Waals surface area contributed by atoms with Gasteiger partial charge in [-0.3, -0.25) is 9.98 Å². The van der Waals surface area contributed by atoms with Crippen molar-refractivity contribution in [2.75, 3.05) is 26.3 Å². The summed E-state index contributed by atoms with van der Waals surface area (Å²) >= 11 is 0. The van der Waals surface area contributed by atoms with Gasteiger partial charge in [-0.2, -0.15) is 0 Å². The highest BCUT2D eigenvalue weighted by atomic mass is 16.5. The number of unbranched alkanes of at least 4 members (excludes halogenated alkanes) is 18. The molecular formula is C40H64N2O4. The van der Waals surface area contributed by atoms with Gasteiger partial charge in [0.1, 0.15) is 0 Å². The standard InChI is InChI=1S/C40H64N2O4/c1-3-5-7-9-11-13-15-17-19-21-31-45-37-27-23-25-35(39(37)43)33-41-29-30-42-34-36-26-24-28-38(40(36)44)46-32-22-20-18-16-14-12-10-8-6-4-2/h23-28,33-34,43-44H,3-22,29-32H2,1-2H3. The van der Waals surface area contributed by atoms with E-state index in [9.17, 15) is 10.2 Å². The van der Waals surface area contributed by atoms with Crippen LogP contribution in [0, 0.1) is 0 Å². The average Bonchev–Trinajstić information content (AvgIpc) is 3.06. The SMILES string of the molecule is CCCCCCCCCCCCOc1cccc(C=NCCN=Cc2cccc(OCCCCCCCCCCCC)c2O)c1O. The largest absolute Gasteiger partial charge is 0.504 e. The number of rotatable bonds is 29. The third kappa shape index (κ3) is 18.2. The van der Waals surface area contributed by atoms with Crippen LogP contribution in [0.5, 0.6) is 23.0 Å². The van der Waals surface area contributed by atoms with Gasteiger partial charge in [-0.05, 0) is 37.1 Å². The van der Waals surface area contributed by atoms with Crippen LogP contribution in [0.2, 0.25) is 0 Å². The average molecular weight is 637 g/mol. The van der Waals surface area contributed by atoms with Crippen LogP contribution in [-0.2, 0) is 0 Å². The quantitative estimate of drug-likeness (QED) is 0.0687. The van der Waals surface area contributed by atoms with E-state index in [1.165, 1.54) is 103 Å². The first-order valence-corrected chi connectivity index (χ1v) is 18.6. The number of aromatic hydroxyl groups is 2. The van der Waals surface area contributed by atoms with Gasteiger partial charge in [-0.15, -0.1) is 0 Å². The van der Waals surface area contributed by atoms with Crippen LogP contribution in [0.15, 0.2) is 46.4 Å². The van der Waals surface area contributed by atoms with Crippen molar-refractivity contribution in [2.45, 2.75) is 142 Å². The zero-order valence-electron chi connectivity index (χ0n) is 29.2. The van der Waals surface area contributed by atoms with E-state index in [-0.39, 0.29) is 11.5 Å². The molecule has 2 N–H and O–H groups in total. The summed E-state index contributed by atoms with van der Waals surface area (Å²) in [6.07, 6.45) is 29.0. The van der Waals surface area contributed by atoms with Gasteiger partial charge < -0.3 is 19.7 Å². The lowest BCUT2D eigenvalue weighted by Gasteiger charge is -2.10. The number of para-hydroxylation sites is 2. The molecule has 0 atom stereocenters. The number of hydrogen-bond donors (Lipinski definition) is 2. The Morgan fingerprint density at radius 3 is 1.15 bits per heavy atom. The number of nitrogens with zero attached hydrogens (tertiary/aromatic N) is 2. The summed E-state index contributed by atoms with van der Waals surface area (Å²) < 4.78 is 11.7. The molecule has 0 amide bonds.